The van der Waals surface area contributed by atoms with Gasteiger partial charge in [-0.3, -0.25) is 9.59 Å². The highest BCUT2D eigenvalue weighted by atomic mass is 16.6. The van der Waals surface area contributed by atoms with Gasteiger partial charge in [-0.25, -0.2) is 0 Å². The second kappa shape index (κ2) is 43.7. The van der Waals surface area contributed by atoms with Crippen LogP contribution >= 0.6 is 0 Å². The zero-order valence-corrected chi connectivity index (χ0v) is 34.4. The first-order valence-electron chi connectivity index (χ1n) is 21.1. The van der Waals surface area contributed by atoms with E-state index in [1.807, 2.05) is 12.2 Å². The summed E-state index contributed by atoms with van der Waals surface area (Å²) in [4.78, 5) is 25.0. The Hall–Kier alpha value is -3.70. The molecule has 5 nitrogen and oxygen atoms in total. The summed E-state index contributed by atoms with van der Waals surface area (Å²) in [5, 5.41) is 0. The van der Waals surface area contributed by atoms with E-state index in [9.17, 15) is 9.59 Å². The van der Waals surface area contributed by atoms with Gasteiger partial charge in [0.15, 0.2) is 6.10 Å². The maximum Gasteiger partial charge on any atom is 0.306 e. The molecule has 1 unspecified atom stereocenters. The van der Waals surface area contributed by atoms with E-state index in [-0.39, 0.29) is 38.0 Å². The first-order valence-corrected chi connectivity index (χ1v) is 21.1. The van der Waals surface area contributed by atoms with Crippen LogP contribution in [0.15, 0.2) is 122 Å². The van der Waals surface area contributed by atoms with E-state index in [2.05, 4.69) is 130 Å². The van der Waals surface area contributed by atoms with Gasteiger partial charge in [-0.2, -0.15) is 0 Å². The standard InChI is InChI=1S/C49H76O5/c1-4-7-10-13-16-18-20-22-23-24-25-26-27-29-30-32-34-36-39-42-48(50)53-46-47(45-52-44-41-38-15-12-9-6-3)54-49(51)43-40-37-35-33-31-28-21-19-17-14-11-8-5-2/h7-8,10-11,16-19,22-23,25-26,28-31,34-37,47H,4-6,9,12-15,20-21,24,27,32-33,38-46H2,1-3H3/b10-7-,11-8-,18-16-,19-17-,23-22-,26-25-,30-29-,31-28-,36-34-,37-35-. The van der Waals surface area contributed by atoms with E-state index in [0.717, 1.165) is 77.0 Å². The highest BCUT2D eigenvalue weighted by molar-refractivity contribution is 5.70. The molecular weight excluding hydrogens is 669 g/mol. The molecule has 0 heterocycles. The fourth-order valence-corrected chi connectivity index (χ4v) is 4.96. The molecule has 0 aromatic rings. The van der Waals surface area contributed by atoms with Crippen molar-refractivity contribution < 1.29 is 23.8 Å². The molecule has 0 N–H and O–H groups in total. The number of unbranched alkanes of at least 4 members (excludes halogenated alkanes) is 5. The molecule has 0 saturated heterocycles. The maximum absolute atomic E-state index is 12.6. The van der Waals surface area contributed by atoms with Gasteiger partial charge in [0.05, 0.1) is 6.61 Å². The molecule has 1 atom stereocenters. The topological polar surface area (TPSA) is 61.8 Å². The molecule has 0 fully saturated rings. The van der Waals surface area contributed by atoms with Gasteiger partial charge >= 0.3 is 11.9 Å². The number of ether oxygens (including phenoxy) is 3. The van der Waals surface area contributed by atoms with Crippen molar-refractivity contribution in [2.75, 3.05) is 19.8 Å². The van der Waals surface area contributed by atoms with Gasteiger partial charge in [-0.1, -0.05) is 174 Å². The Morgan fingerprint density at radius 3 is 1.22 bits per heavy atom. The molecular formula is C49H76O5. The summed E-state index contributed by atoms with van der Waals surface area (Å²) in [5.41, 5.74) is 0. The predicted molar refractivity (Wildman–Crippen MR) is 232 cm³/mol. The van der Waals surface area contributed by atoms with Gasteiger partial charge in [0, 0.05) is 19.4 Å². The number of hydrogen-bond donors (Lipinski definition) is 0. The Balaban J connectivity index is 4.39. The molecule has 302 valence electrons. The number of allylic oxidation sites excluding steroid dienone is 20. The number of carbonyl (C=O) groups excluding carboxylic acids is 2. The Labute approximate surface area is 331 Å². The fraction of sp³-hybridized carbons (Fsp3) is 0.551. The zero-order chi connectivity index (χ0) is 39.3. The van der Waals surface area contributed by atoms with Crippen LogP contribution in [-0.4, -0.2) is 37.9 Å². The molecule has 0 rings (SSSR count). The van der Waals surface area contributed by atoms with E-state index in [1.165, 1.54) is 25.7 Å². The van der Waals surface area contributed by atoms with Gasteiger partial charge in [0.2, 0.25) is 0 Å². The van der Waals surface area contributed by atoms with Gasteiger partial charge in [-0.05, 0) is 83.5 Å². The van der Waals surface area contributed by atoms with Gasteiger partial charge in [0.1, 0.15) is 6.61 Å². The molecule has 0 bridgehead atoms. The minimum atomic E-state index is -0.607. The molecule has 0 aliphatic rings. The van der Waals surface area contributed by atoms with Crippen molar-refractivity contribution in [3.8, 4) is 0 Å². The molecule has 5 heteroatoms. The average molecular weight is 745 g/mol. The normalized spacial score (nSPS) is 13.5. The lowest BCUT2D eigenvalue weighted by Crippen LogP contribution is -2.30. The van der Waals surface area contributed by atoms with Crippen molar-refractivity contribution in [2.45, 2.75) is 155 Å². The van der Waals surface area contributed by atoms with Crippen molar-refractivity contribution in [1.29, 1.82) is 0 Å². The van der Waals surface area contributed by atoms with Crippen molar-refractivity contribution >= 4 is 11.9 Å². The lowest BCUT2D eigenvalue weighted by atomic mass is 10.1. The third-order valence-electron chi connectivity index (χ3n) is 8.02. The summed E-state index contributed by atoms with van der Waals surface area (Å²) in [5.74, 6) is -0.606. The average Bonchev–Trinajstić information content (AvgIpc) is 3.17. The van der Waals surface area contributed by atoms with Crippen LogP contribution in [0.2, 0.25) is 0 Å². The summed E-state index contributed by atoms with van der Waals surface area (Å²) in [6, 6.07) is 0. The van der Waals surface area contributed by atoms with Crippen molar-refractivity contribution in [3.05, 3.63) is 122 Å². The van der Waals surface area contributed by atoms with E-state index in [1.54, 1.807) is 0 Å². The monoisotopic (exact) mass is 745 g/mol. The number of hydrogen-bond acceptors (Lipinski definition) is 5. The fourth-order valence-electron chi connectivity index (χ4n) is 4.96. The van der Waals surface area contributed by atoms with E-state index in [0.29, 0.717) is 19.4 Å². The van der Waals surface area contributed by atoms with Crippen LogP contribution < -0.4 is 0 Å². The second-order valence-corrected chi connectivity index (χ2v) is 13.1. The minimum Gasteiger partial charge on any atom is -0.462 e. The lowest BCUT2D eigenvalue weighted by Gasteiger charge is -2.18. The highest BCUT2D eigenvalue weighted by Crippen LogP contribution is 2.08. The largest absolute Gasteiger partial charge is 0.462 e. The molecule has 0 aromatic heterocycles. The highest BCUT2D eigenvalue weighted by Gasteiger charge is 2.17. The summed E-state index contributed by atoms with van der Waals surface area (Å²) in [6.07, 6.45) is 60.9. The summed E-state index contributed by atoms with van der Waals surface area (Å²) in [6.45, 7) is 7.35. The van der Waals surface area contributed by atoms with E-state index < -0.39 is 6.10 Å². The van der Waals surface area contributed by atoms with Crippen molar-refractivity contribution in [1.82, 2.24) is 0 Å². The predicted octanol–water partition coefficient (Wildman–Crippen LogP) is 13.9. The number of esters is 2. The second-order valence-electron chi connectivity index (χ2n) is 13.1. The Kier molecular flexibility index (Phi) is 40.7. The van der Waals surface area contributed by atoms with Crippen LogP contribution in [0.25, 0.3) is 0 Å². The van der Waals surface area contributed by atoms with Crippen LogP contribution in [0.5, 0.6) is 0 Å². The van der Waals surface area contributed by atoms with Crippen molar-refractivity contribution in [2.24, 2.45) is 0 Å². The smallest absolute Gasteiger partial charge is 0.306 e. The van der Waals surface area contributed by atoms with Gasteiger partial charge < -0.3 is 14.2 Å². The maximum atomic E-state index is 12.6. The molecule has 0 spiro atoms. The first kappa shape index (κ1) is 50.3. The van der Waals surface area contributed by atoms with Crippen LogP contribution in [0.4, 0.5) is 0 Å². The third kappa shape index (κ3) is 41.1. The van der Waals surface area contributed by atoms with E-state index in [4.69, 9.17) is 14.2 Å². The quantitative estimate of drug-likeness (QED) is 0.0363. The molecule has 54 heavy (non-hydrogen) atoms. The molecule has 0 aromatic carbocycles. The molecule has 0 radical (unpaired) electrons. The summed E-state index contributed by atoms with van der Waals surface area (Å²) in [7, 11) is 0. The number of carbonyl (C=O) groups is 2. The van der Waals surface area contributed by atoms with E-state index >= 15 is 0 Å². The third-order valence-corrected chi connectivity index (χ3v) is 8.02. The van der Waals surface area contributed by atoms with Gasteiger partial charge in [0.25, 0.3) is 0 Å². The SMILES string of the molecule is CC/C=C\C/C=C\C/C=C\C/C=C\C/C=C\C/C=C\CCC(=O)OCC(COCCCCCCCC)OC(=O)CC/C=C\C/C=C\C/C=C\C/C=C\CC. The molecule has 0 saturated carbocycles. The first-order chi connectivity index (χ1) is 26.6. The van der Waals surface area contributed by atoms with Crippen LogP contribution in [0.1, 0.15) is 149 Å². The van der Waals surface area contributed by atoms with Crippen LogP contribution in [0, 0.1) is 0 Å². The van der Waals surface area contributed by atoms with Crippen molar-refractivity contribution in [3.63, 3.8) is 0 Å². The Morgan fingerprint density at radius 1 is 0.426 bits per heavy atom. The molecule has 0 aliphatic heterocycles. The zero-order valence-electron chi connectivity index (χ0n) is 34.4. The lowest BCUT2D eigenvalue weighted by molar-refractivity contribution is -0.162. The molecule has 0 aliphatic carbocycles. The van der Waals surface area contributed by atoms with Gasteiger partial charge in [-0.15, -0.1) is 0 Å². The number of rotatable bonds is 36. The summed E-state index contributed by atoms with van der Waals surface area (Å²) < 4.78 is 17.0. The minimum absolute atomic E-state index is 0.00873. The Bertz CT molecular complexity index is 1160. The summed E-state index contributed by atoms with van der Waals surface area (Å²) >= 11 is 0. The molecule has 0 amide bonds. The van der Waals surface area contributed by atoms with Crippen LogP contribution in [-0.2, 0) is 23.8 Å². The van der Waals surface area contributed by atoms with Crippen LogP contribution in [0.3, 0.4) is 0 Å². The Morgan fingerprint density at radius 2 is 0.796 bits per heavy atom.